The predicted octanol–water partition coefficient (Wildman–Crippen LogP) is 1.97. The highest BCUT2D eigenvalue weighted by Crippen LogP contribution is 2.27. The van der Waals surface area contributed by atoms with Gasteiger partial charge >= 0.3 is 0 Å². The Bertz CT molecular complexity index is 610. The molecule has 4 nitrogen and oxygen atoms in total. The van der Waals surface area contributed by atoms with E-state index in [1.54, 1.807) is 4.90 Å². The molecule has 2 heterocycles. The highest BCUT2D eigenvalue weighted by molar-refractivity contribution is 5.64. The summed E-state index contributed by atoms with van der Waals surface area (Å²) in [5, 5.41) is 0. The van der Waals surface area contributed by atoms with E-state index < -0.39 is 0 Å². The van der Waals surface area contributed by atoms with E-state index in [4.69, 9.17) is 0 Å². The molecule has 1 aliphatic heterocycles. The zero-order valence-corrected chi connectivity index (χ0v) is 10.8. The van der Waals surface area contributed by atoms with Gasteiger partial charge in [-0.25, -0.2) is 9.97 Å². The van der Waals surface area contributed by atoms with Crippen molar-refractivity contribution < 1.29 is 4.79 Å². The third-order valence-electron chi connectivity index (χ3n) is 3.40. The molecule has 4 heteroatoms. The molecule has 0 N–H and O–H groups in total. The van der Waals surface area contributed by atoms with E-state index >= 15 is 0 Å². The van der Waals surface area contributed by atoms with Crippen LogP contribution in [0.3, 0.4) is 0 Å². The first kappa shape index (κ1) is 11.8. The van der Waals surface area contributed by atoms with Crippen molar-refractivity contribution in [1.82, 2.24) is 14.9 Å². The van der Waals surface area contributed by atoms with E-state index in [-0.39, 0.29) is 0 Å². The maximum atomic E-state index is 10.9. The highest BCUT2D eigenvalue weighted by Gasteiger charge is 2.21. The summed E-state index contributed by atoms with van der Waals surface area (Å²) in [6, 6.07) is 10.2. The van der Waals surface area contributed by atoms with Crippen LogP contribution in [0.1, 0.15) is 17.1 Å². The van der Waals surface area contributed by atoms with Gasteiger partial charge in [-0.1, -0.05) is 30.3 Å². The fraction of sp³-hybridized carbons (Fsp3) is 0.267. The SMILES string of the molecule is Cc1nc2c(c(-c3ccccc3)n1)CCN(C=O)C2. The lowest BCUT2D eigenvalue weighted by molar-refractivity contribution is -0.119. The Hall–Kier alpha value is -2.23. The van der Waals surface area contributed by atoms with E-state index in [1.165, 1.54) is 5.56 Å². The van der Waals surface area contributed by atoms with Crippen molar-refractivity contribution >= 4 is 6.41 Å². The first-order valence-electron chi connectivity index (χ1n) is 6.39. The van der Waals surface area contributed by atoms with E-state index in [0.717, 1.165) is 42.2 Å². The summed E-state index contributed by atoms with van der Waals surface area (Å²) in [6.07, 6.45) is 1.71. The number of amides is 1. The second-order valence-electron chi connectivity index (χ2n) is 4.74. The lowest BCUT2D eigenvalue weighted by atomic mass is 9.98. The number of carbonyl (C=O) groups excluding carboxylic acids is 1. The molecule has 2 aromatic rings. The maximum absolute atomic E-state index is 10.9. The number of nitrogens with zero attached hydrogens (tertiary/aromatic N) is 3. The van der Waals surface area contributed by atoms with Crippen LogP contribution >= 0.6 is 0 Å². The third-order valence-corrected chi connectivity index (χ3v) is 3.40. The molecule has 1 aromatic carbocycles. The van der Waals surface area contributed by atoms with Gasteiger partial charge in [0.05, 0.1) is 17.9 Å². The molecule has 0 radical (unpaired) electrons. The summed E-state index contributed by atoms with van der Waals surface area (Å²) in [6.45, 7) is 3.22. The smallest absolute Gasteiger partial charge is 0.210 e. The molecule has 0 bridgehead atoms. The molecular formula is C15H15N3O. The fourth-order valence-electron chi connectivity index (χ4n) is 2.50. The lowest BCUT2D eigenvalue weighted by Gasteiger charge is -2.26. The number of aromatic nitrogens is 2. The number of benzene rings is 1. The summed E-state index contributed by atoms with van der Waals surface area (Å²) in [5.41, 5.74) is 4.28. The van der Waals surface area contributed by atoms with Crippen LogP contribution in [0.15, 0.2) is 30.3 Å². The zero-order valence-electron chi connectivity index (χ0n) is 10.8. The first-order valence-corrected chi connectivity index (χ1v) is 6.39. The Kier molecular flexibility index (Phi) is 2.99. The fourth-order valence-corrected chi connectivity index (χ4v) is 2.50. The van der Waals surface area contributed by atoms with E-state index in [0.29, 0.717) is 6.54 Å². The van der Waals surface area contributed by atoms with Crippen molar-refractivity contribution in [2.45, 2.75) is 19.9 Å². The number of aryl methyl sites for hydroxylation is 1. The van der Waals surface area contributed by atoms with Crippen LogP contribution in [0.2, 0.25) is 0 Å². The number of fused-ring (bicyclic) bond motifs is 1. The molecule has 96 valence electrons. The average Bonchev–Trinajstić information content (AvgIpc) is 2.46. The minimum Gasteiger partial charge on any atom is -0.339 e. The van der Waals surface area contributed by atoms with Crippen LogP contribution in [0.5, 0.6) is 0 Å². The topological polar surface area (TPSA) is 46.1 Å². The largest absolute Gasteiger partial charge is 0.339 e. The molecule has 19 heavy (non-hydrogen) atoms. The average molecular weight is 253 g/mol. The van der Waals surface area contributed by atoms with Crippen molar-refractivity contribution in [3.63, 3.8) is 0 Å². The Morgan fingerprint density at radius 3 is 2.74 bits per heavy atom. The van der Waals surface area contributed by atoms with Crippen LogP contribution in [0.25, 0.3) is 11.3 Å². The summed E-state index contributed by atoms with van der Waals surface area (Å²) in [7, 11) is 0. The van der Waals surface area contributed by atoms with Crippen LogP contribution in [-0.4, -0.2) is 27.8 Å². The minimum absolute atomic E-state index is 0.585. The summed E-state index contributed by atoms with van der Waals surface area (Å²) < 4.78 is 0. The second kappa shape index (κ2) is 4.80. The lowest BCUT2D eigenvalue weighted by Crippen LogP contribution is -2.30. The van der Waals surface area contributed by atoms with Crippen LogP contribution in [0.4, 0.5) is 0 Å². The van der Waals surface area contributed by atoms with Gasteiger partial charge in [0.15, 0.2) is 0 Å². The van der Waals surface area contributed by atoms with Gasteiger partial charge in [-0.2, -0.15) is 0 Å². The van der Waals surface area contributed by atoms with Crippen LogP contribution in [-0.2, 0) is 17.8 Å². The molecule has 1 aromatic heterocycles. The number of hydrogen-bond donors (Lipinski definition) is 0. The van der Waals surface area contributed by atoms with Crippen LogP contribution < -0.4 is 0 Å². The number of hydrogen-bond acceptors (Lipinski definition) is 3. The molecule has 1 aliphatic rings. The Balaban J connectivity index is 2.12. The molecule has 0 saturated heterocycles. The second-order valence-corrected chi connectivity index (χ2v) is 4.74. The van der Waals surface area contributed by atoms with Crippen LogP contribution in [0, 0.1) is 6.92 Å². The Morgan fingerprint density at radius 1 is 1.21 bits per heavy atom. The molecule has 0 aliphatic carbocycles. The molecule has 0 unspecified atom stereocenters. The monoisotopic (exact) mass is 253 g/mol. The van der Waals surface area contributed by atoms with Gasteiger partial charge in [0.25, 0.3) is 0 Å². The third kappa shape index (κ3) is 2.21. The van der Waals surface area contributed by atoms with Gasteiger partial charge in [-0.05, 0) is 13.3 Å². The minimum atomic E-state index is 0.585. The van der Waals surface area contributed by atoms with Crippen molar-refractivity contribution in [3.8, 4) is 11.3 Å². The Labute approximate surface area is 112 Å². The van der Waals surface area contributed by atoms with Crippen molar-refractivity contribution in [2.24, 2.45) is 0 Å². The molecule has 1 amide bonds. The first-order chi connectivity index (χ1) is 9.28. The summed E-state index contributed by atoms with van der Waals surface area (Å²) in [5.74, 6) is 0.755. The quantitative estimate of drug-likeness (QED) is 0.769. The van der Waals surface area contributed by atoms with Gasteiger partial charge in [-0.15, -0.1) is 0 Å². The Morgan fingerprint density at radius 2 is 2.00 bits per heavy atom. The molecule has 3 rings (SSSR count). The van der Waals surface area contributed by atoms with E-state index in [9.17, 15) is 4.79 Å². The number of carbonyl (C=O) groups is 1. The van der Waals surface area contributed by atoms with Gasteiger partial charge in [0, 0.05) is 17.7 Å². The van der Waals surface area contributed by atoms with Crippen molar-refractivity contribution in [3.05, 3.63) is 47.4 Å². The van der Waals surface area contributed by atoms with Crippen molar-refractivity contribution in [1.29, 1.82) is 0 Å². The summed E-state index contributed by atoms with van der Waals surface area (Å²) in [4.78, 5) is 21.7. The van der Waals surface area contributed by atoms with Crippen molar-refractivity contribution in [2.75, 3.05) is 6.54 Å². The highest BCUT2D eigenvalue weighted by atomic mass is 16.1. The molecular weight excluding hydrogens is 238 g/mol. The number of rotatable bonds is 2. The van der Waals surface area contributed by atoms with E-state index in [2.05, 4.69) is 22.1 Å². The van der Waals surface area contributed by atoms with E-state index in [1.807, 2.05) is 25.1 Å². The standard InChI is InChI=1S/C15H15N3O/c1-11-16-14-9-18(10-19)8-7-13(14)15(17-11)12-5-3-2-4-6-12/h2-6,10H,7-9H2,1H3. The van der Waals surface area contributed by atoms with Gasteiger partial charge in [-0.3, -0.25) is 4.79 Å². The molecule has 0 atom stereocenters. The molecule has 0 saturated carbocycles. The van der Waals surface area contributed by atoms with Gasteiger partial charge in [0.1, 0.15) is 5.82 Å². The zero-order chi connectivity index (χ0) is 13.2. The maximum Gasteiger partial charge on any atom is 0.210 e. The summed E-state index contributed by atoms with van der Waals surface area (Å²) >= 11 is 0. The predicted molar refractivity (Wildman–Crippen MR) is 72.4 cm³/mol. The molecule has 0 fully saturated rings. The van der Waals surface area contributed by atoms with Gasteiger partial charge in [0.2, 0.25) is 6.41 Å². The normalized spacial score (nSPS) is 14.1. The molecule has 0 spiro atoms. The van der Waals surface area contributed by atoms with Gasteiger partial charge < -0.3 is 4.90 Å².